The number of fused-ring (bicyclic) bond motifs is 3. The number of hydrogen-bond acceptors (Lipinski definition) is 4. The Hall–Kier alpha value is -2.89. The van der Waals surface area contributed by atoms with E-state index in [9.17, 15) is 0 Å². The second-order valence-corrected chi connectivity index (χ2v) is 4.76. The zero-order chi connectivity index (χ0) is 13.7. The predicted octanol–water partition coefficient (Wildman–Crippen LogP) is 2.09. The van der Waals surface area contributed by atoms with Crippen molar-refractivity contribution in [1.82, 2.24) is 25.0 Å². The van der Waals surface area contributed by atoms with Gasteiger partial charge in [-0.15, -0.1) is 0 Å². The molecule has 0 aliphatic heterocycles. The Morgan fingerprint density at radius 3 is 2.90 bits per heavy atom. The van der Waals surface area contributed by atoms with E-state index in [2.05, 4.69) is 20.3 Å². The number of nitrogens with one attached hydrogen (secondary N) is 1. The summed E-state index contributed by atoms with van der Waals surface area (Å²) >= 11 is 0. The summed E-state index contributed by atoms with van der Waals surface area (Å²) in [5, 5.41) is 13.3. The summed E-state index contributed by atoms with van der Waals surface area (Å²) < 4.78 is 1.75. The number of aryl methyl sites for hydroxylation is 1. The summed E-state index contributed by atoms with van der Waals surface area (Å²) in [7, 11) is 1.88. The molecule has 4 rings (SSSR count). The number of aromatic nitrogens is 5. The number of nitrogen functional groups attached to an aromatic ring is 1. The Morgan fingerprint density at radius 1 is 1.20 bits per heavy atom. The third-order valence-electron chi connectivity index (χ3n) is 3.41. The molecule has 3 aromatic heterocycles. The first-order chi connectivity index (χ1) is 9.72. The fourth-order valence-corrected chi connectivity index (χ4v) is 2.47. The Morgan fingerprint density at radius 2 is 2.10 bits per heavy atom. The lowest BCUT2D eigenvalue weighted by molar-refractivity contribution is 0.780. The van der Waals surface area contributed by atoms with Crippen molar-refractivity contribution < 1.29 is 0 Å². The van der Waals surface area contributed by atoms with Crippen LogP contribution in [0.4, 0.5) is 5.82 Å². The number of anilines is 1. The van der Waals surface area contributed by atoms with E-state index < -0.39 is 0 Å². The van der Waals surface area contributed by atoms with Gasteiger partial charge in [-0.05, 0) is 18.2 Å². The molecule has 0 atom stereocenters. The van der Waals surface area contributed by atoms with Crippen LogP contribution >= 0.6 is 0 Å². The first-order valence-electron chi connectivity index (χ1n) is 6.25. The second-order valence-electron chi connectivity index (χ2n) is 4.76. The molecule has 0 saturated heterocycles. The molecule has 4 aromatic rings. The maximum atomic E-state index is 6.02. The molecule has 3 heterocycles. The van der Waals surface area contributed by atoms with Crippen LogP contribution in [0.2, 0.25) is 0 Å². The van der Waals surface area contributed by atoms with E-state index in [1.165, 1.54) is 0 Å². The molecule has 20 heavy (non-hydrogen) atoms. The highest BCUT2D eigenvalue weighted by Crippen LogP contribution is 2.29. The van der Waals surface area contributed by atoms with Crippen LogP contribution in [-0.2, 0) is 7.05 Å². The van der Waals surface area contributed by atoms with Gasteiger partial charge in [-0.2, -0.15) is 10.2 Å². The molecule has 6 nitrogen and oxygen atoms in total. The van der Waals surface area contributed by atoms with Crippen molar-refractivity contribution in [3.05, 3.63) is 36.7 Å². The molecule has 0 aliphatic rings. The van der Waals surface area contributed by atoms with Crippen molar-refractivity contribution in [3.8, 4) is 11.3 Å². The van der Waals surface area contributed by atoms with E-state index in [1.54, 1.807) is 10.9 Å². The van der Waals surface area contributed by atoms with Gasteiger partial charge >= 0.3 is 0 Å². The van der Waals surface area contributed by atoms with Gasteiger partial charge in [0, 0.05) is 30.4 Å². The Labute approximate surface area is 114 Å². The van der Waals surface area contributed by atoms with E-state index in [-0.39, 0.29) is 0 Å². The second kappa shape index (κ2) is 3.80. The molecule has 0 spiro atoms. The molecular formula is C14H12N6. The zero-order valence-corrected chi connectivity index (χ0v) is 10.8. The van der Waals surface area contributed by atoms with E-state index in [0.29, 0.717) is 5.82 Å². The minimum atomic E-state index is 0.502. The van der Waals surface area contributed by atoms with Gasteiger partial charge in [0.25, 0.3) is 0 Å². The average Bonchev–Trinajstić information content (AvgIpc) is 3.07. The summed E-state index contributed by atoms with van der Waals surface area (Å²) in [5.41, 5.74) is 9.71. The molecule has 0 bridgehead atoms. The topological polar surface area (TPSA) is 85.4 Å². The SMILES string of the molecule is Cn1cc2c(N)nc3cc(-c4ccn[nH]4)ccc3c2n1. The van der Waals surface area contributed by atoms with E-state index in [0.717, 1.165) is 33.1 Å². The maximum absolute atomic E-state index is 6.02. The van der Waals surface area contributed by atoms with Crippen LogP contribution < -0.4 is 5.73 Å². The lowest BCUT2D eigenvalue weighted by atomic mass is 10.1. The molecule has 0 aliphatic carbocycles. The first-order valence-corrected chi connectivity index (χ1v) is 6.25. The molecule has 0 fully saturated rings. The number of pyridine rings is 1. The Kier molecular flexibility index (Phi) is 2.09. The molecule has 0 radical (unpaired) electrons. The molecule has 1 aromatic carbocycles. The summed E-state index contributed by atoms with van der Waals surface area (Å²) in [5.74, 6) is 0.502. The number of nitrogens with two attached hydrogens (primary N) is 1. The predicted molar refractivity (Wildman–Crippen MR) is 78.0 cm³/mol. The monoisotopic (exact) mass is 264 g/mol. The minimum Gasteiger partial charge on any atom is -0.383 e. The number of nitrogens with zero attached hydrogens (tertiary/aromatic N) is 4. The Bertz CT molecular complexity index is 920. The van der Waals surface area contributed by atoms with Crippen LogP contribution in [0.1, 0.15) is 0 Å². The lowest BCUT2D eigenvalue weighted by Gasteiger charge is -2.03. The number of benzene rings is 1. The van der Waals surface area contributed by atoms with E-state index in [4.69, 9.17) is 5.73 Å². The van der Waals surface area contributed by atoms with Crippen LogP contribution in [0, 0.1) is 0 Å². The molecule has 0 amide bonds. The van der Waals surface area contributed by atoms with Crippen molar-refractivity contribution in [3.63, 3.8) is 0 Å². The molecule has 0 unspecified atom stereocenters. The van der Waals surface area contributed by atoms with Crippen molar-refractivity contribution in [1.29, 1.82) is 0 Å². The highest BCUT2D eigenvalue weighted by molar-refractivity contribution is 6.08. The molecule has 6 heteroatoms. The van der Waals surface area contributed by atoms with Gasteiger partial charge in [-0.25, -0.2) is 4.98 Å². The molecular weight excluding hydrogens is 252 g/mol. The van der Waals surface area contributed by atoms with Gasteiger partial charge in [0.2, 0.25) is 0 Å². The summed E-state index contributed by atoms with van der Waals surface area (Å²) in [6.45, 7) is 0. The fourth-order valence-electron chi connectivity index (χ4n) is 2.47. The minimum absolute atomic E-state index is 0.502. The van der Waals surface area contributed by atoms with Crippen LogP contribution in [0.5, 0.6) is 0 Å². The van der Waals surface area contributed by atoms with Gasteiger partial charge in [-0.3, -0.25) is 9.78 Å². The van der Waals surface area contributed by atoms with Gasteiger partial charge in [0.1, 0.15) is 11.3 Å². The average molecular weight is 264 g/mol. The van der Waals surface area contributed by atoms with Gasteiger partial charge < -0.3 is 5.73 Å². The standard InChI is InChI=1S/C14H12N6/c1-20-7-10-13(19-20)9-3-2-8(11-4-5-16-18-11)6-12(9)17-14(10)15/h2-7H,1H3,(H2,15,17)(H,16,18). The van der Waals surface area contributed by atoms with Crippen molar-refractivity contribution >= 4 is 27.6 Å². The fraction of sp³-hybridized carbons (Fsp3) is 0.0714. The van der Waals surface area contributed by atoms with E-state index in [1.807, 2.05) is 37.5 Å². The summed E-state index contributed by atoms with van der Waals surface area (Å²) in [4.78, 5) is 4.48. The van der Waals surface area contributed by atoms with Crippen molar-refractivity contribution in [2.24, 2.45) is 7.05 Å². The third kappa shape index (κ3) is 1.48. The molecule has 98 valence electrons. The first kappa shape index (κ1) is 11.0. The van der Waals surface area contributed by atoms with Crippen molar-refractivity contribution in [2.75, 3.05) is 5.73 Å². The third-order valence-corrected chi connectivity index (χ3v) is 3.41. The van der Waals surface area contributed by atoms with Crippen molar-refractivity contribution in [2.45, 2.75) is 0 Å². The smallest absolute Gasteiger partial charge is 0.135 e. The number of hydrogen-bond donors (Lipinski definition) is 2. The van der Waals surface area contributed by atoms with Crippen LogP contribution in [0.3, 0.4) is 0 Å². The normalized spacial score (nSPS) is 11.4. The summed E-state index contributed by atoms with van der Waals surface area (Å²) in [6.07, 6.45) is 3.61. The van der Waals surface area contributed by atoms with Crippen LogP contribution in [0.25, 0.3) is 33.1 Å². The van der Waals surface area contributed by atoms with Gasteiger partial charge in [0.05, 0.1) is 16.6 Å². The van der Waals surface area contributed by atoms with Gasteiger partial charge in [-0.1, -0.05) is 6.07 Å². The van der Waals surface area contributed by atoms with E-state index >= 15 is 0 Å². The largest absolute Gasteiger partial charge is 0.383 e. The molecule has 3 N–H and O–H groups in total. The zero-order valence-electron chi connectivity index (χ0n) is 10.8. The number of H-pyrrole nitrogens is 1. The molecule has 0 saturated carbocycles. The number of rotatable bonds is 1. The van der Waals surface area contributed by atoms with Crippen LogP contribution in [-0.4, -0.2) is 25.0 Å². The quantitative estimate of drug-likeness (QED) is 0.551. The number of aromatic amines is 1. The highest BCUT2D eigenvalue weighted by Gasteiger charge is 2.11. The summed E-state index contributed by atoms with van der Waals surface area (Å²) in [6, 6.07) is 7.96. The Balaban J connectivity index is 2.06. The highest BCUT2D eigenvalue weighted by atomic mass is 15.2. The maximum Gasteiger partial charge on any atom is 0.135 e. The van der Waals surface area contributed by atoms with Gasteiger partial charge in [0.15, 0.2) is 0 Å². The lowest BCUT2D eigenvalue weighted by Crippen LogP contribution is -1.92. The van der Waals surface area contributed by atoms with Crippen LogP contribution in [0.15, 0.2) is 36.7 Å².